The van der Waals surface area contributed by atoms with Gasteiger partial charge in [0, 0.05) is 6.08 Å². The maximum Gasteiger partial charge on any atom is 0.330 e. The highest BCUT2D eigenvalue weighted by Crippen LogP contribution is 2.14. The van der Waals surface area contributed by atoms with Crippen molar-refractivity contribution in [2.45, 2.75) is 6.92 Å². The Morgan fingerprint density at radius 2 is 2.27 bits per heavy atom. The molecule has 0 aliphatic carbocycles. The largest absolute Gasteiger partial charge is 0.463 e. The van der Waals surface area contributed by atoms with Crippen LogP contribution >= 0.6 is 0 Å². The van der Waals surface area contributed by atoms with Crippen LogP contribution in [0, 0.1) is 0 Å². The monoisotopic (exact) mass is 206 g/mol. The Morgan fingerprint density at radius 1 is 1.53 bits per heavy atom. The molecule has 0 unspecified atom stereocenters. The van der Waals surface area contributed by atoms with E-state index in [9.17, 15) is 4.79 Å². The van der Waals surface area contributed by atoms with Gasteiger partial charge in [-0.05, 0) is 24.6 Å². The molecule has 0 radical (unpaired) electrons. The third-order valence-electron chi connectivity index (χ3n) is 1.80. The van der Waals surface area contributed by atoms with Gasteiger partial charge in [-0.1, -0.05) is 18.2 Å². The first-order chi connectivity index (χ1) is 7.27. The zero-order valence-corrected chi connectivity index (χ0v) is 8.57. The van der Waals surface area contributed by atoms with Crippen LogP contribution in [0.1, 0.15) is 12.5 Å². The SMILES string of the molecule is CCOC(=O)C=Cc1ccccc1NN. The molecule has 15 heavy (non-hydrogen) atoms. The Labute approximate surface area is 88.7 Å². The number of nitrogens with two attached hydrogens (primary N) is 1. The zero-order valence-electron chi connectivity index (χ0n) is 8.57. The minimum atomic E-state index is -0.357. The lowest BCUT2D eigenvalue weighted by atomic mass is 10.1. The third-order valence-corrected chi connectivity index (χ3v) is 1.80. The molecule has 4 nitrogen and oxygen atoms in total. The molecule has 0 atom stereocenters. The van der Waals surface area contributed by atoms with E-state index in [1.165, 1.54) is 6.08 Å². The van der Waals surface area contributed by atoms with Crippen molar-refractivity contribution in [2.24, 2.45) is 5.84 Å². The summed E-state index contributed by atoms with van der Waals surface area (Å²) in [5.74, 6) is 4.96. The summed E-state index contributed by atoms with van der Waals surface area (Å²) in [6.45, 7) is 2.14. The highest BCUT2D eigenvalue weighted by atomic mass is 16.5. The summed E-state index contributed by atoms with van der Waals surface area (Å²) >= 11 is 0. The zero-order chi connectivity index (χ0) is 11.1. The predicted molar refractivity (Wildman–Crippen MR) is 59.9 cm³/mol. The molecule has 0 bridgehead atoms. The van der Waals surface area contributed by atoms with Gasteiger partial charge in [-0.3, -0.25) is 5.84 Å². The highest BCUT2D eigenvalue weighted by Gasteiger charge is 1.97. The van der Waals surface area contributed by atoms with Crippen molar-refractivity contribution in [3.63, 3.8) is 0 Å². The number of hydrazine groups is 1. The average molecular weight is 206 g/mol. The van der Waals surface area contributed by atoms with Crippen molar-refractivity contribution in [2.75, 3.05) is 12.0 Å². The van der Waals surface area contributed by atoms with Crippen LogP contribution in [0.5, 0.6) is 0 Å². The first kappa shape index (κ1) is 11.3. The second-order valence-corrected chi connectivity index (χ2v) is 2.82. The molecule has 0 saturated heterocycles. The summed E-state index contributed by atoms with van der Waals surface area (Å²) in [6, 6.07) is 7.40. The third kappa shape index (κ3) is 3.44. The molecule has 1 aromatic rings. The minimum Gasteiger partial charge on any atom is -0.463 e. The Kier molecular flexibility index (Phi) is 4.37. The van der Waals surface area contributed by atoms with Crippen LogP contribution in [0.3, 0.4) is 0 Å². The van der Waals surface area contributed by atoms with E-state index >= 15 is 0 Å². The van der Waals surface area contributed by atoms with Crippen molar-refractivity contribution < 1.29 is 9.53 Å². The van der Waals surface area contributed by atoms with E-state index < -0.39 is 0 Å². The first-order valence-electron chi connectivity index (χ1n) is 4.68. The van der Waals surface area contributed by atoms with Gasteiger partial charge in [0.25, 0.3) is 0 Å². The number of nitrogen functional groups attached to an aromatic ring is 1. The van der Waals surface area contributed by atoms with Crippen LogP contribution in [-0.4, -0.2) is 12.6 Å². The van der Waals surface area contributed by atoms with E-state index in [4.69, 9.17) is 10.6 Å². The number of carbonyl (C=O) groups excluding carboxylic acids is 1. The molecule has 0 amide bonds. The molecule has 0 aliphatic heterocycles. The van der Waals surface area contributed by atoms with Gasteiger partial charge >= 0.3 is 5.97 Å². The van der Waals surface area contributed by atoms with Gasteiger partial charge < -0.3 is 10.2 Å². The normalized spacial score (nSPS) is 10.3. The van der Waals surface area contributed by atoms with E-state index in [1.54, 1.807) is 13.0 Å². The van der Waals surface area contributed by atoms with Crippen LogP contribution < -0.4 is 11.3 Å². The van der Waals surface area contributed by atoms with Gasteiger partial charge in [0.2, 0.25) is 0 Å². The fourth-order valence-electron chi connectivity index (χ4n) is 1.12. The lowest BCUT2D eigenvalue weighted by Crippen LogP contribution is -2.07. The van der Waals surface area contributed by atoms with Gasteiger partial charge in [-0.2, -0.15) is 0 Å². The quantitative estimate of drug-likeness (QED) is 0.339. The van der Waals surface area contributed by atoms with Crippen LogP contribution in [0.2, 0.25) is 0 Å². The molecule has 3 N–H and O–H groups in total. The molecular formula is C11H14N2O2. The Morgan fingerprint density at radius 3 is 2.93 bits per heavy atom. The smallest absolute Gasteiger partial charge is 0.330 e. The number of hydrogen-bond donors (Lipinski definition) is 2. The highest BCUT2D eigenvalue weighted by molar-refractivity contribution is 5.88. The van der Waals surface area contributed by atoms with Crippen LogP contribution in [0.4, 0.5) is 5.69 Å². The number of rotatable bonds is 4. The topological polar surface area (TPSA) is 64.3 Å². The molecule has 1 aromatic carbocycles. The van der Waals surface area contributed by atoms with Gasteiger partial charge in [-0.15, -0.1) is 0 Å². The standard InChI is InChI=1S/C11H14N2O2/c1-2-15-11(14)8-7-9-5-3-4-6-10(9)13-12/h3-8,13H,2,12H2,1H3. The molecule has 0 aliphatic rings. The summed E-state index contributed by atoms with van der Waals surface area (Å²) in [7, 11) is 0. The first-order valence-corrected chi connectivity index (χ1v) is 4.68. The molecule has 0 aromatic heterocycles. The fourth-order valence-corrected chi connectivity index (χ4v) is 1.12. The lowest BCUT2D eigenvalue weighted by molar-refractivity contribution is -0.137. The fraction of sp³-hybridized carbons (Fsp3) is 0.182. The van der Waals surface area contributed by atoms with Crippen molar-refractivity contribution in [3.05, 3.63) is 35.9 Å². The van der Waals surface area contributed by atoms with Crippen molar-refractivity contribution in [3.8, 4) is 0 Å². The Hall–Kier alpha value is -1.81. The lowest BCUT2D eigenvalue weighted by Gasteiger charge is -2.03. The van der Waals surface area contributed by atoms with Crippen molar-refractivity contribution in [1.29, 1.82) is 0 Å². The molecular weight excluding hydrogens is 192 g/mol. The summed E-state index contributed by atoms with van der Waals surface area (Å²) < 4.78 is 4.76. The number of ether oxygens (including phenoxy) is 1. The maximum absolute atomic E-state index is 11.1. The van der Waals surface area contributed by atoms with E-state index in [1.807, 2.05) is 24.3 Å². The summed E-state index contributed by atoms with van der Waals surface area (Å²) in [5.41, 5.74) is 4.15. The van der Waals surface area contributed by atoms with E-state index in [0.29, 0.717) is 6.61 Å². The molecule has 0 spiro atoms. The number of hydrogen-bond acceptors (Lipinski definition) is 4. The molecule has 4 heteroatoms. The number of anilines is 1. The molecule has 1 rings (SSSR count). The second-order valence-electron chi connectivity index (χ2n) is 2.82. The molecule has 0 fully saturated rings. The van der Waals surface area contributed by atoms with Gasteiger partial charge in [0.05, 0.1) is 12.3 Å². The molecule has 80 valence electrons. The van der Waals surface area contributed by atoms with Gasteiger partial charge in [0.15, 0.2) is 0 Å². The molecule has 0 heterocycles. The van der Waals surface area contributed by atoms with E-state index in [0.717, 1.165) is 11.3 Å². The maximum atomic E-state index is 11.1. The number of esters is 1. The van der Waals surface area contributed by atoms with Gasteiger partial charge in [-0.25, -0.2) is 4.79 Å². The van der Waals surface area contributed by atoms with Crippen molar-refractivity contribution in [1.82, 2.24) is 0 Å². The molecule has 0 saturated carbocycles. The summed E-state index contributed by atoms with van der Waals surface area (Å²) in [6.07, 6.45) is 3.03. The van der Waals surface area contributed by atoms with Crippen LogP contribution in [-0.2, 0) is 9.53 Å². The Bertz CT molecular complexity index is 361. The summed E-state index contributed by atoms with van der Waals surface area (Å²) in [4.78, 5) is 11.1. The van der Waals surface area contributed by atoms with Gasteiger partial charge in [0.1, 0.15) is 0 Å². The van der Waals surface area contributed by atoms with E-state index in [2.05, 4.69) is 5.43 Å². The number of carbonyl (C=O) groups is 1. The van der Waals surface area contributed by atoms with Crippen LogP contribution in [0.15, 0.2) is 30.3 Å². The van der Waals surface area contributed by atoms with E-state index in [-0.39, 0.29) is 5.97 Å². The average Bonchev–Trinajstić information content (AvgIpc) is 2.27. The van der Waals surface area contributed by atoms with Crippen molar-refractivity contribution >= 4 is 17.7 Å². The Balaban J connectivity index is 2.75. The number of nitrogens with one attached hydrogen (secondary N) is 1. The van der Waals surface area contributed by atoms with Crippen LogP contribution in [0.25, 0.3) is 6.08 Å². The predicted octanol–water partition coefficient (Wildman–Crippen LogP) is 1.55. The second kappa shape index (κ2) is 5.82. The minimum absolute atomic E-state index is 0.357. The summed E-state index contributed by atoms with van der Waals surface area (Å²) in [5, 5.41) is 0. The number of benzene rings is 1. The number of para-hydroxylation sites is 1.